The van der Waals surface area contributed by atoms with E-state index in [0.29, 0.717) is 6.54 Å². The highest BCUT2D eigenvalue weighted by molar-refractivity contribution is 5.52. The van der Waals surface area contributed by atoms with Gasteiger partial charge in [-0.2, -0.15) is 0 Å². The van der Waals surface area contributed by atoms with Crippen LogP contribution in [0.1, 0.15) is 6.42 Å². The molecule has 0 aromatic heterocycles. The van der Waals surface area contributed by atoms with Crippen LogP contribution in [0.25, 0.3) is 0 Å². The molecular weight excluding hydrogens is 114 g/mol. The Kier molecular flexibility index (Phi) is 2.46. The standard InChI is InChI=1S/C7H11NO/c9-7-6-8-4-2-1-3-5-8/h1-2,7H,3-6H2. The summed E-state index contributed by atoms with van der Waals surface area (Å²) in [4.78, 5) is 12.1. The Hall–Kier alpha value is -0.630. The van der Waals surface area contributed by atoms with Crippen LogP contribution in [0.3, 0.4) is 0 Å². The molecule has 0 atom stereocenters. The molecule has 0 bridgehead atoms. The van der Waals surface area contributed by atoms with Crippen molar-refractivity contribution in [1.29, 1.82) is 0 Å². The first-order chi connectivity index (χ1) is 4.43. The van der Waals surface area contributed by atoms with E-state index in [-0.39, 0.29) is 0 Å². The zero-order valence-corrected chi connectivity index (χ0v) is 5.42. The molecule has 0 aliphatic carbocycles. The van der Waals surface area contributed by atoms with Crippen molar-refractivity contribution in [2.45, 2.75) is 6.42 Å². The van der Waals surface area contributed by atoms with Crippen LogP contribution >= 0.6 is 0 Å². The smallest absolute Gasteiger partial charge is 0.133 e. The summed E-state index contributed by atoms with van der Waals surface area (Å²) in [5, 5.41) is 0. The normalized spacial score (nSPS) is 20.0. The van der Waals surface area contributed by atoms with Gasteiger partial charge in [-0.3, -0.25) is 4.90 Å². The van der Waals surface area contributed by atoms with Gasteiger partial charge in [-0.25, -0.2) is 0 Å². The Bertz CT molecular complexity index is 120. The second kappa shape index (κ2) is 3.41. The lowest BCUT2D eigenvalue weighted by Gasteiger charge is -2.19. The largest absolute Gasteiger partial charge is 0.302 e. The maximum absolute atomic E-state index is 10.0. The molecule has 50 valence electrons. The van der Waals surface area contributed by atoms with E-state index in [4.69, 9.17) is 0 Å². The van der Waals surface area contributed by atoms with Crippen LogP contribution in [0.15, 0.2) is 12.2 Å². The summed E-state index contributed by atoms with van der Waals surface area (Å²) in [5.41, 5.74) is 0. The molecule has 2 nitrogen and oxygen atoms in total. The van der Waals surface area contributed by atoms with E-state index in [1.165, 1.54) is 0 Å². The Labute approximate surface area is 55.2 Å². The minimum atomic E-state index is 0.588. The number of carbonyl (C=O) groups excluding carboxylic acids is 1. The quantitative estimate of drug-likeness (QED) is 0.394. The fourth-order valence-electron chi connectivity index (χ4n) is 0.961. The average Bonchev–Trinajstić information content (AvgIpc) is 1.91. The van der Waals surface area contributed by atoms with E-state index in [9.17, 15) is 4.79 Å². The van der Waals surface area contributed by atoms with Gasteiger partial charge in [-0.1, -0.05) is 12.2 Å². The van der Waals surface area contributed by atoms with Crippen molar-refractivity contribution in [3.63, 3.8) is 0 Å². The van der Waals surface area contributed by atoms with E-state index >= 15 is 0 Å². The van der Waals surface area contributed by atoms with Crippen LogP contribution in [0.5, 0.6) is 0 Å². The lowest BCUT2D eigenvalue weighted by Crippen LogP contribution is -2.28. The molecule has 9 heavy (non-hydrogen) atoms. The Balaban J connectivity index is 2.26. The summed E-state index contributed by atoms with van der Waals surface area (Å²) >= 11 is 0. The van der Waals surface area contributed by atoms with Crippen molar-refractivity contribution in [2.75, 3.05) is 19.6 Å². The highest BCUT2D eigenvalue weighted by Gasteiger charge is 2.02. The van der Waals surface area contributed by atoms with Crippen molar-refractivity contribution in [1.82, 2.24) is 4.90 Å². The summed E-state index contributed by atoms with van der Waals surface area (Å²) in [5.74, 6) is 0. The number of aldehydes is 1. The van der Waals surface area contributed by atoms with Gasteiger partial charge in [-0.05, 0) is 6.42 Å². The molecule has 1 rings (SSSR count). The van der Waals surface area contributed by atoms with Crippen molar-refractivity contribution in [2.24, 2.45) is 0 Å². The van der Waals surface area contributed by atoms with Gasteiger partial charge in [-0.15, -0.1) is 0 Å². The lowest BCUT2D eigenvalue weighted by atomic mass is 10.2. The summed E-state index contributed by atoms with van der Waals surface area (Å²) in [7, 11) is 0. The Morgan fingerprint density at radius 3 is 3.00 bits per heavy atom. The number of rotatable bonds is 2. The molecule has 1 heterocycles. The highest BCUT2D eigenvalue weighted by Crippen LogP contribution is 1.98. The third kappa shape index (κ3) is 1.98. The molecule has 1 aliphatic heterocycles. The first kappa shape index (κ1) is 6.49. The minimum absolute atomic E-state index is 0.588. The molecular formula is C7H11NO. The van der Waals surface area contributed by atoms with Crippen LogP contribution in [-0.4, -0.2) is 30.8 Å². The van der Waals surface area contributed by atoms with Crippen molar-refractivity contribution >= 4 is 6.29 Å². The third-order valence-electron chi connectivity index (χ3n) is 1.48. The molecule has 0 N–H and O–H groups in total. The highest BCUT2D eigenvalue weighted by atomic mass is 16.1. The van der Waals surface area contributed by atoms with Gasteiger partial charge < -0.3 is 4.79 Å². The maximum Gasteiger partial charge on any atom is 0.133 e. The van der Waals surface area contributed by atoms with Gasteiger partial charge in [0, 0.05) is 13.1 Å². The molecule has 0 radical (unpaired) electrons. The summed E-state index contributed by atoms with van der Waals surface area (Å²) < 4.78 is 0. The first-order valence-corrected chi connectivity index (χ1v) is 3.24. The van der Waals surface area contributed by atoms with Crippen molar-refractivity contribution in [3.05, 3.63) is 12.2 Å². The Morgan fingerprint density at radius 1 is 1.56 bits per heavy atom. The van der Waals surface area contributed by atoms with Gasteiger partial charge in [0.1, 0.15) is 6.29 Å². The average molecular weight is 125 g/mol. The SMILES string of the molecule is O=CCN1CC=CCC1. The lowest BCUT2D eigenvalue weighted by molar-refractivity contribution is -0.108. The second-order valence-corrected chi connectivity index (χ2v) is 2.19. The monoisotopic (exact) mass is 125 g/mol. The first-order valence-electron chi connectivity index (χ1n) is 3.24. The predicted molar refractivity (Wildman–Crippen MR) is 36.3 cm³/mol. The number of hydrogen-bond donors (Lipinski definition) is 0. The Morgan fingerprint density at radius 2 is 2.44 bits per heavy atom. The van der Waals surface area contributed by atoms with Crippen LogP contribution in [-0.2, 0) is 4.79 Å². The van der Waals surface area contributed by atoms with Gasteiger partial charge in [0.15, 0.2) is 0 Å². The van der Waals surface area contributed by atoms with E-state index in [1.807, 2.05) is 0 Å². The van der Waals surface area contributed by atoms with Crippen molar-refractivity contribution < 1.29 is 4.79 Å². The molecule has 0 fully saturated rings. The molecule has 0 spiro atoms. The fourth-order valence-corrected chi connectivity index (χ4v) is 0.961. The molecule has 0 amide bonds. The number of carbonyl (C=O) groups is 1. The zero-order valence-electron chi connectivity index (χ0n) is 5.42. The summed E-state index contributed by atoms with van der Waals surface area (Å²) in [6, 6.07) is 0. The zero-order chi connectivity index (χ0) is 6.53. The van der Waals surface area contributed by atoms with Crippen molar-refractivity contribution in [3.8, 4) is 0 Å². The number of hydrogen-bond acceptors (Lipinski definition) is 2. The predicted octanol–water partition coefficient (Wildman–Crippen LogP) is 0.447. The van der Waals surface area contributed by atoms with Crippen LogP contribution in [0, 0.1) is 0 Å². The molecule has 2 heteroatoms. The van der Waals surface area contributed by atoms with Gasteiger partial charge in [0.25, 0.3) is 0 Å². The van der Waals surface area contributed by atoms with Crippen LogP contribution in [0.4, 0.5) is 0 Å². The van der Waals surface area contributed by atoms with Gasteiger partial charge >= 0.3 is 0 Å². The van der Waals surface area contributed by atoms with E-state index in [0.717, 1.165) is 25.8 Å². The van der Waals surface area contributed by atoms with E-state index < -0.39 is 0 Å². The summed E-state index contributed by atoms with van der Waals surface area (Å²) in [6.45, 7) is 2.57. The van der Waals surface area contributed by atoms with Gasteiger partial charge in [0.2, 0.25) is 0 Å². The van der Waals surface area contributed by atoms with Crippen LogP contribution in [0.2, 0.25) is 0 Å². The third-order valence-corrected chi connectivity index (χ3v) is 1.48. The molecule has 0 saturated carbocycles. The minimum Gasteiger partial charge on any atom is -0.302 e. The van der Waals surface area contributed by atoms with Crippen LogP contribution < -0.4 is 0 Å². The fraction of sp³-hybridized carbons (Fsp3) is 0.571. The molecule has 0 unspecified atom stereocenters. The number of nitrogens with zero attached hydrogens (tertiary/aromatic N) is 1. The molecule has 0 aromatic rings. The summed E-state index contributed by atoms with van der Waals surface area (Å²) in [6.07, 6.45) is 6.31. The molecule has 0 aromatic carbocycles. The molecule has 0 saturated heterocycles. The van der Waals surface area contributed by atoms with E-state index in [2.05, 4.69) is 17.1 Å². The van der Waals surface area contributed by atoms with Gasteiger partial charge in [0.05, 0.1) is 6.54 Å². The second-order valence-electron chi connectivity index (χ2n) is 2.19. The van der Waals surface area contributed by atoms with E-state index in [1.54, 1.807) is 0 Å². The maximum atomic E-state index is 10.0. The molecule has 1 aliphatic rings. The topological polar surface area (TPSA) is 20.3 Å².